The number of nitrogens with one attached hydrogen (secondary N) is 1. The van der Waals surface area contributed by atoms with Crippen molar-refractivity contribution in [2.45, 2.75) is 6.54 Å². The second-order valence-corrected chi connectivity index (χ2v) is 6.91. The van der Waals surface area contributed by atoms with E-state index in [1.54, 1.807) is 24.3 Å². The van der Waals surface area contributed by atoms with E-state index in [2.05, 4.69) is 21.2 Å². The highest BCUT2D eigenvalue weighted by Gasteiger charge is 2.36. The Labute approximate surface area is 167 Å². The first-order valence-corrected chi connectivity index (χ1v) is 9.07. The predicted molar refractivity (Wildman–Crippen MR) is 103 cm³/mol. The van der Waals surface area contributed by atoms with E-state index in [0.29, 0.717) is 17.3 Å². The van der Waals surface area contributed by atoms with Gasteiger partial charge in [-0.25, -0.2) is 4.79 Å². The van der Waals surface area contributed by atoms with Gasteiger partial charge in [0.2, 0.25) is 0 Å². The summed E-state index contributed by atoms with van der Waals surface area (Å²) >= 11 is 3.37. The zero-order valence-corrected chi connectivity index (χ0v) is 15.9. The highest BCUT2D eigenvalue weighted by atomic mass is 79.9. The van der Waals surface area contributed by atoms with E-state index in [4.69, 9.17) is 8.83 Å². The smallest absolute Gasteiger partial charge is 0.331 e. The third kappa shape index (κ3) is 3.54. The third-order valence-electron chi connectivity index (χ3n) is 4.12. The van der Waals surface area contributed by atoms with Crippen molar-refractivity contribution in [1.82, 2.24) is 10.2 Å². The summed E-state index contributed by atoms with van der Waals surface area (Å²) in [5.41, 5.74) is 0.657. The summed E-state index contributed by atoms with van der Waals surface area (Å²) in [5.74, 6) is -0.151. The Kier molecular flexibility index (Phi) is 4.70. The number of amides is 4. The van der Waals surface area contributed by atoms with Gasteiger partial charge >= 0.3 is 6.03 Å². The minimum Gasteiger partial charge on any atom is -0.467 e. The Balaban J connectivity index is 1.61. The lowest BCUT2D eigenvalue weighted by Crippen LogP contribution is -2.53. The molecule has 2 aromatic heterocycles. The Morgan fingerprint density at radius 2 is 1.82 bits per heavy atom. The van der Waals surface area contributed by atoms with Crippen LogP contribution in [-0.2, 0) is 16.1 Å². The van der Waals surface area contributed by atoms with Crippen LogP contribution in [0.2, 0.25) is 0 Å². The van der Waals surface area contributed by atoms with Gasteiger partial charge in [0.15, 0.2) is 0 Å². The fraction of sp³-hybridized carbons (Fsp3) is 0.0500. The first-order chi connectivity index (χ1) is 13.5. The Morgan fingerprint density at radius 3 is 2.54 bits per heavy atom. The molecule has 1 fully saturated rings. The van der Waals surface area contributed by atoms with Crippen molar-refractivity contribution in [1.29, 1.82) is 0 Å². The molecule has 3 aromatic rings. The zero-order valence-electron chi connectivity index (χ0n) is 14.3. The van der Waals surface area contributed by atoms with E-state index in [9.17, 15) is 14.4 Å². The van der Waals surface area contributed by atoms with E-state index in [-0.39, 0.29) is 12.1 Å². The number of carbonyl (C=O) groups excluding carboxylic acids is 3. The molecular weight excluding hydrogens is 428 g/mol. The van der Waals surface area contributed by atoms with Crippen LogP contribution in [-0.4, -0.2) is 22.7 Å². The minimum absolute atomic E-state index is 0.0788. The molecule has 28 heavy (non-hydrogen) atoms. The van der Waals surface area contributed by atoms with Crippen LogP contribution in [0.5, 0.6) is 0 Å². The summed E-state index contributed by atoms with van der Waals surface area (Å²) in [6.07, 6.45) is 2.76. The molecule has 8 heteroatoms. The molecule has 1 aliphatic heterocycles. The second kappa shape index (κ2) is 7.32. The van der Waals surface area contributed by atoms with Gasteiger partial charge in [-0.1, -0.05) is 28.1 Å². The SMILES string of the molecule is O=C1NC(=O)N(Cc2ccco2)C(=O)/C1=C\c1ccc(-c2ccc(Br)cc2)o1. The van der Waals surface area contributed by atoms with Gasteiger partial charge in [-0.15, -0.1) is 0 Å². The van der Waals surface area contributed by atoms with Crippen LogP contribution in [0.4, 0.5) is 4.79 Å². The van der Waals surface area contributed by atoms with Crippen LogP contribution in [0.1, 0.15) is 11.5 Å². The molecule has 0 radical (unpaired) electrons. The van der Waals surface area contributed by atoms with Crippen LogP contribution in [0.15, 0.2) is 73.7 Å². The maximum Gasteiger partial charge on any atom is 0.331 e. The van der Waals surface area contributed by atoms with E-state index in [0.717, 1.165) is 14.9 Å². The molecule has 0 spiro atoms. The first-order valence-electron chi connectivity index (χ1n) is 8.28. The number of halogens is 1. The fourth-order valence-electron chi connectivity index (χ4n) is 2.74. The Bertz CT molecular complexity index is 1080. The Hall–Kier alpha value is -3.39. The van der Waals surface area contributed by atoms with Gasteiger partial charge in [-0.3, -0.25) is 19.8 Å². The number of rotatable bonds is 4. The van der Waals surface area contributed by atoms with Crippen molar-refractivity contribution in [3.8, 4) is 11.3 Å². The molecule has 4 amide bonds. The molecule has 0 unspecified atom stereocenters. The summed E-state index contributed by atoms with van der Waals surface area (Å²) in [7, 11) is 0. The molecule has 0 atom stereocenters. The second-order valence-electron chi connectivity index (χ2n) is 6.00. The van der Waals surface area contributed by atoms with Crippen molar-refractivity contribution in [2.24, 2.45) is 0 Å². The number of barbiturate groups is 1. The van der Waals surface area contributed by atoms with Crippen molar-refractivity contribution < 1.29 is 23.2 Å². The quantitative estimate of drug-likeness (QED) is 0.489. The average molecular weight is 441 g/mol. The van der Waals surface area contributed by atoms with Gasteiger partial charge < -0.3 is 8.83 Å². The molecule has 4 rings (SSSR count). The van der Waals surface area contributed by atoms with Crippen LogP contribution >= 0.6 is 15.9 Å². The maximum absolute atomic E-state index is 12.7. The van der Waals surface area contributed by atoms with Crippen molar-refractivity contribution in [3.63, 3.8) is 0 Å². The molecule has 0 saturated carbocycles. The molecule has 140 valence electrons. The highest BCUT2D eigenvalue weighted by Crippen LogP contribution is 2.26. The van der Waals surface area contributed by atoms with Gasteiger partial charge in [0, 0.05) is 10.0 Å². The summed E-state index contributed by atoms with van der Waals surface area (Å²) in [5, 5.41) is 2.16. The van der Waals surface area contributed by atoms with Crippen molar-refractivity contribution in [3.05, 3.63) is 76.4 Å². The van der Waals surface area contributed by atoms with Crippen LogP contribution < -0.4 is 5.32 Å². The van der Waals surface area contributed by atoms with Gasteiger partial charge in [0.05, 0.1) is 12.8 Å². The molecule has 1 saturated heterocycles. The average Bonchev–Trinajstić information content (AvgIpc) is 3.35. The number of hydrogen-bond acceptors (Lipinski definition) is 5. The molecule has 0 aliphatic carbocycles. The van der Waals surface area contributed by atoms with E-state index < -0.39 is 17.8 Å². The first kappa shape index (κ1) is 18.0. The van der Waals surface area contributed by atoms with E-state index in [1.807, 2.05) is 24.3 Å². The summed E-state index contributed by atoms with van der Waals surface area (Å²) in [4.78, 5) is 37.8. The summed E-state index contributed by atoms with van der Waals surface area (Å²) < 4.78 is 11.8. The molecule has 7 nitrogen and oxygen atoms in total. The van der Waals surface area contributed by atoms with Crippen molar-refractivity contribution >= 4 is 39.9 Å². The largest absolute Gasteiger partial charge is 0.467 e. The number of hydrogen-bond donors (Lipinski definition) is 1. The monoisotopic (exact) mass is 440 g/mol. The molecule has 0 bridgehead atoms. The minimum atomic E-state index is -0.793. The topological polar surface area (TPSA) is 92.8 Å². The molecular formula is C20H13BrN2O5. The number of furan rings is 2. The molecule has 1 N–H and O–H groups in total. The van der Waals surface area contributed by atoms with Crippen LogP contribution in [0.3, 0.4) is 0 Å². The Morgan fingerprint density at radius 1 is 1.04 bits per heavy atom. The van der Waals surface area contributed by atoms with Crippen LogP contribution in [0, 0.1) is 0 Å². The standard InChI is InChI=1S/C20H13BrN2O5/c21-13-5-3-12(4-6-13)17-8-7-14(28-17)10-16-18(24)22-20(26)23(19(16)25)11-15-2-1-9-27-15/h1-10H,11H2,(H,22,24,26)/b16-10-. The maximum atomic E-state index is 12.7. The number of nitrogens with zero attached hydrogens (tertiary/aromatic N) is 1. The van der Waals surface area contributed by atoms with Gasteiger partial charge in [-0.05, 0) is 42.5 Å². The van der Waals surface area contributed by atoms with Crippen LogP contribution in [0.25, 0.3) is 17.4 Å². The van der Waals surface area contributed by atoms with E-state index in [1.165, 1.54) is 12.3 Å². The molecule has 1 aromatic carbocycles. The van der Waals surface area contributed by atoms with Gasteiger partial charge in [0.1, 0.15) is 22.9 Å². The lowest BCUT2D eigenvalue weighted by atomic mass is 10.1. The fourth-order valence-corrected chi connectivity index (χ4v) is 3.00. The van der Waals surface area contributed by atoms with Crippen molar-refractivity contribution in [2.75, 3.05) is 0 Å². The lowest BCUT2D eigenvalue weighted by molar-refractivity contribution is -0.130. The zero-order chi connectivity index (χ0) is 19.7. The highest BCUT2D eigenvalue weighted by molar-refractivity contribution is 9.10. The summed E-state index contributed by atoms with van der Waals surface area (Å²) in [6.45, 7) is -0.0788. The lowest BCUT2D eigenvalue weighted by Gasteiger charge is -2.25. The van der Waals surface area contributed by atoms with E-state index >= 15 is 0 Å². The van der Waals surface area contributed by atoms with Gasteiger partial charge in [-0.2, -0.15) is 0 Å². The van der Waals surface area contributed by atoms with Gasteiger partial charge in [0.25, 0.3) is 11.8 Å². The number of benzene rings is 1. The predicted octanol–water partition coefficient (Wildman–Crippen LogP) is 3.96. The third-order valence-corrected chi connectivity index (χ3v) is 4.65. The number of carbonyl (C=O) groups is 3. The normalized spacial score (nSPS) is 16.0. The summed E-state index contributed by atoms with van der Waals surface area (Å²) in [6, 6.07) is 13.4. The molecule has 1 aliphatic rings. The number of urea groups is 1. The molecule has 3 heterocycles. The number of imide groups is 2.